The number of hydrogen-bond donors (Lipinski definition) is 2. The Morgan fingerprint density at radius 2 is 1.55 bits per heavy atom. The molecule has 0 bridgehead atoms. The number of aliphatic imine (C=N–C) groups is 1. The van der Waals surface area contributed by atoms with Gasteiger partial charge in [0.15, 0.2) is 0 Å². The molecule has 20 heavy (non-hydrogen) atoms. The molecular weight excluding hydrogens is 254 g/mol. The lowest BCUT2D eigenvalue weighted by Gasteiger charge is -2.08. The van der Waals surface area contributed by atoms with Crippen LogP contribution < -0.4 is 5.32 Å². The van der Waals surface area contributed by atoms with Crippen molar-refractivity contribution in [1.29, 1.82) is 5.41 Å². The fourth-order valence-corrected chi connectivity index (χ4v) is 2.04. The highest BCUT2D eigenvalue weighted by Gasteiger charge is 2.10. The van der Waals surface area contributed by atoms with Gasteiger partial charge in [-0.2, -0.15) is 15.2 Å². The van der Waals surface area contributed by atoms with E-state index >= 15 is 0 Å². The van der Waals surface area contributed by atoms with E-state index in [1.54, 1.807) is 11.7 Å². The van der Waals surface area contributed by atoms with Crippen LogP contribution in [0, 0.1) is 33.1 Å². The molecule has 0 unspecified atom stereocenters. The molecule has 0 aliphatic carbocycles. The van der Waals surface area contributed by atoms with E-state index in [4.69, 9.17) is 5.41 Å². The van der Waals surface area contributed by atoms with E-state index < -0.39 is 0 Å². The molecule has 7 nitrogen and oxygen atoms in total. The van der Waals surface area contributed by atoms with Gasteiger partial charge in [0.1, 0.15) is 0 Å². The van der Waals surface area contributed by atoms with E-state index in [2.05, 4.69) is 20.5 Å². The van der Waals surface area contributed by atoms with Crippen LogP contribution in [0.5, 0.6) is 0 Å². The lowest BCUT2D eigenvalue weighted by Crippen LogP contribution is -2.31. The molecule has 2 N–H and O–H groups in total. The Hall–Kier alpha value is -2.44. The Morgan fingerprint density at radius 3 is 1.95 bits per heavy atom. The maximum absolute atomic E-state index is 8.08. The first-order valence-electron chi connectivity index (χ1n) is 6.34. The molecule has 0 spiro atoms. The van der Waals surface area contributed by atoms with E-state index in [-0.39, 0.29) is 5.96 Å². The Balaban J connectivity index is 2.39. The highest BCUT2D eigenvalue weighted by molar-refractivity contribution is 5.95. The number of hydrogen-bond acceptors (Lipinski definition) is 3. The number of nitrogens with one attached hydrogen (secondary N) is 2. The fraction of sp³-hybridized carbons (Fsp3) is 0.385. The third kappa shape index (κ3) is 2.61. The van der Waals surface area contributed by atoms with Gasteiger partial charge in [0.2, 0.25) is 11.9 Å². The average molecular weight is 273 g/mol. The van der Waals surface area contributed by atoms with Crippen LogP contribution in [0.2, 0.25) is 0 Å². The minimum Gasteiger partial charge on any atom is -0.357 e. The summed E-state index contributed by atoms with van der Waals surface area (Å²) in [5, 5.41) is 19.6. The topological polar surface area (TPSA) is 83.9 Å². The normalized spacial score (nSPS) is 11.8. The van der Waals surface area contributed by atoms with Gasteiger partial charge in [-0.3, -0.25) is 5.41 Å². The van der Waals surface area contributed by atoms with E-state index in [9.17, 15) is 0 Å². The molecule has 0 atom stereocenters. The number of aromatic nitrogens is 4. The molecule has 0 amide bonds. The van der Waals surface area contributed by atoms with Gasteiger partial charge in [0, 0.05) is 18.4 Å². The lowest BCUT2D eigenvalue weighted by atomic mass is 10.4. The van der Waals surface area contributed by atoms with Gasteiger partial charge in [0.05, 0.1) is 11.4 Å². The fourth-order valence-electron chi connectivity index (χ4n) is 2.04. The summed E-state index contributed by atoms with van der Waals surface area (Å²) in [5.41, 5.74) is 3.60. The van der Waals surface area contributed by atoms with Crippen LogP contribution in [0.4, 0.5) is 0 Å². The molecule has 0 aliphatic rings. The van der Waals surface area contributed by atoms with Crippen molar-refractivity contribution < 1.29 is 0 Å². The highest BCUT2D eigenvalue weighted by atomic mass is 15.4. The third-order valence-corrected chi connectivity index (χ3v) is 2.86. The van der Waals surface area contributed by atoms with Crippen LogP contribution in [0.25, 0.3) is 0 Å². The van der Waals surface area contributed by atoms with Crippen molar-refractivity contribution >= 4 is 11.9 Å². The highest BCUT2D eigenvalue weighted by Crippen LogP contribution is 2.04. The van der Waals surface area contributed by atoms with Gasteiger partial charge in [-0.15, -0.1) is 0 Å². The van der Waals surface area contributed by atoms with E-state index in [1.807, 2.05) is 39.8 Å². The average Bonchev–Trinajstić information content (AvgIpc) is 2.88. The standard InChI is InChI=1S/C13H19N7/c1-8-6-10(3)19(17-8)12(14)16-13(15-5)20-11(4)7-9(2)18-20/h6-7H,1-5H3,(H2,14,15,16). The van der Waals surface area contributed by atoms with Gasteiger partial charge in [-0.05, 0) is 39.8 Å². The molecule has 2 aromatic rings. The van der Waals surface area contributed by atoms with Gasteiger partial charge >= 0.3 is 0 Å². The van der Waals surface area contributed by atoms with Crippen LogP contribution in [-0.2, 0) is 0 Å². The second-order valence-electron chi connectivity index (χ2n) is 4.69. The first-order valence-corrected chi connectivity index (χ1v) is 6.34. The quantitative estimate of drug-likeness (QED) is 0.559. The Kier molecular flexibility index (Phi) is 3.69. The first kappa shape index (κ1) is 14.0. The van der Waals surface area contributed by atoms with Crippen molar-refractivity contribution in [3.63, 3.8) is 0 Å². The summed E-state index contributed by atoms with van der Waals surface area (Å²) in [7, 11) is 1.75. The maximum atomic E-state index is 8.08. The molecule has 2 aromatic heterocycles. The van der Waals surface area contributed by atoms with E-state index in [0.717, 1.165) is 22.8 Å². The Bertz CT molecular complexity index is 675. The summed E-state index contributed by atoms with van der Waals surface area (Å²) in [6.07, 6.45) is 0. The first-order chi connectivity index (χ1) is 9.42. The minimum atomic E-state index is 0.0486. The largest absolute Gasteiger partial charge is 0.357 e. The summed E-state index contributed by atoms with van der Waals surface area (Å²) in [6.45, 7) is 7.65. The molecule has 0 saturated carbocycles. The van der Waals surface area contributed by atoms with E-state index in [0.29, 0.717) is 5.96 Å². The summed E-state index contributed by atoms with van der Waals surface area (Å²) in [6, 6.07) is 3.87. The molecular formula is C13H19N7. The summed E-state index contributed by atoms with van der Waals surface area (Å²) < 4.78 is 3.17. The van der Waals surface area contributed by atoms with Crippen molar-refractivity contribution in [3.05, 3.63) is 34.9 Å². The van der Waals surface area contributed by atoms with E-state index in [1.165, 1.54) is 4.68 Å². The molecule has 106 valence electrons. The maximum Gasteiger partial charge on any atom is 0.246 e. The number of aryl methyl sites for hydroxylation is 4. The van der Waals surface area contributed by atoms with Gasteiger partial charge in [-0.1, -0.05) is 0 Å². The lowest BCUT2D eigenvalue weighted by molar-refractivity contribution is 0.825. The zero-order valence-electron chi connectivity index (χ0n) is 12.4. The molecule has 2 heterocycles. The van der Waals surface area contributed by atoms with Crippen LogP contribution in [0.1, 0.15) is 22.8 Å². The Morgan fingerprint density at radius 1 is 1.05 bits per heavy atom. The zero-order chi connectivity index (χ0) is 14.9. The minimum absolute atomic E-state index is 0.0486. The molecule has 0 fully saturated rings. The smallest absolute Gasteiger partial charge is 0.246 e. The molecule has 7 heteroatoms. The molecule has 0 radical (unpaired) electrons. The summed E-state index contributed by atoms with van der Waals surface area (Å²) in [4.78, 5) is 4.27. The Labute approximate surface area is 117 Å². The molecule has 0 aliphatic heterocycles. The van der Waals surface area contributed by atoms with Gasteiger partial charge < -0.3 is 5.32 Å². The third-order valence-electron chi connectivity index (χ3n) is 2.86. The zero-order valence-corrected chi connectivity index (χ0v) is 12.4. The second kappa shape index (κ2) is 5.28. The number of rotatable bonds is 0. The van der Waals surface area contributed by atoms with Crippen molar-refractivity contribution in [2.75, 3.05) is 7.05 Å². The van der Waals surface area contributed by atoms with Crippen LogP contribution >= 0.6 is 0 Å². The van der Waals surface area contributed by atoms with Gasteiger partial charge in [0.25, 0.3) is 0 Å². The van der Waals surface area contributed by atoms with Crippen molar-refractivity contribution in [3.8, 4) is 0 Å². The molecule has 0 saturated heterocycles. The predicted octanol–water partition coefficient (Wildman–Crippen LogP) is 1.22. The SMILES string of the molecule is CN/C(=N\C(=N)n1nc(C)cc1C)n1nc(C)cc1C. The monoisotopic (exact) mass is 273 g/mol. The second-order valence-corrected chi connectivity index (χ2v) is 4.69. The van der Waals surface area contributed by atoms with Crippen molar-refractivity contribution in [1.82, 2.24) is 24.9 Å². The van der Waals surface area contributed by atoms with Crippen molar-refractivity contribution in [2.24, 2.45) is 4.99 Å². The van der Waals surface area contributed by atoms with Crippen LogP contribution in [0.15, 0.2) is 17.1 Å². The predicted molar refractivity (Wildman–Crippen MR) is 78.4 cm³/mol. The summed E-state index contributed by atoms with van der Waals surface area (Å²) >= 11 is 0. The van der Waals surface area contributed by atoms with Crippen LogP contribution in [-0.4, -0.2) is 38.5 Å². The van der Waals surface area contributed by atoms with Crippen LogP contribution in [0.3, 0.4) is 0 Å². The van der Waals surface area contributed by atoms with Crippen molar-refractivity contribution in [2.45, 2.75) is 27.7 Å². The van der Waals surface area contributed by atoms with Gasteiger partial charge in [-0.25, -0.2) is 9.36 Å². The molecule has 0 aromatic carbocycles. The summed E-state index contributed by atoms with van der Waals surface area (Å²) in [5.74, 6) is 0.542. The molecule has 2 rings (SSSR count). The number of nitrogens with zero attached hydrogens (tertiary/aromatic N) is 5.